The number of anilines is 1. The predicted molar refractivity (Wildman–Crippen MR) is 84.8 cm³/mol. The second-order valence-corrected chi connectivity index (χ2v) is 5.47. The highest BCUT2D eigenvalue weighted by molar-refractivity contribution is 6.39. The molecule has 21 heavy (non-hydrogen) atoms. The van der Waals surface area contributed by atoms with Gasteiger partial charge in [-0.05, 0) is 25.1 Å². The first kappa shape index (κ1) is 15.8. The van der Waals surface area contributed by atoms with Crippen molar-refractivity contribution in [3.8, 4) is 0 Å². The molecule has 1 aromatic carbocycles. The molecule has 1 unspecified atom stereocenters. The molecule has 0 radical (unpaired) electrons. The van der Waals surface area contributed by atoms with Gasteiger partial charge in [-0.1, -0.05) is 29.3 Å². The van der Waals surface area contributed by atoms with Gasteiger partial charge in [0.2, 0.25) is 5.91 Å². The minimum Gasteiger partial charge on any atom is -0.322 e. The van der Waals surface area contributed by atoms with Crippen molar-refractivity contribution >= 4 is 34.8 Å². The molecule has 0 aliphatic rings. The Labute approximate surface area is 133 Å². The summed E-state index contributed by atoms with van der Waals surface area (Å²) in [5.74, 6) is -0.197. The molecule has 0 aliphatic heterocycles. The van der Waals surface area contributed by atoms with Gasteiger partial charge in [0, 0.05) is 18.4 Å². The summed E-state index contributed by atoms with van der Waals surface area (Å²) in [6.45, 7) is 2.84. The van der Waals surface area contributed by atoms with Crippen LogP contribution < -0.4 is 10.6 Å². The lowest BCUT2D eigenvalue weighted by atomic mass is 10.3. The number of hydrogen-bond donors (Lipinski definition) is 2. The Morgan fingerprint density at radius 3 is 2.67 bits per heavy atom. The maximum absolute atomic E-state index is 11.9. The molecule has 1 heterocycles. The van der Waals surface area contributed by atoms with Crippen molar-refractivity contribution in [2.24, 2.45) is 0 Å². The third-order valence-corrected chi connectivity index (χ3v) is 3.49. The summed E-state index contributed by atoms with van der Waals surface area (Å²) in [7, 11) is 0. The first-order valence-electron chi connectivity index (χ1n) is 6.51. The molecular weight excluding hydrogens is 311 g/mol. The Kier molecular flexibility index (Phi) is 5.61. The highest BCUT2D eigenvalue weighted by Crippen LogP contribution is 2.29. The van der Waals surface area contributed by atoms with E-state index in [1.54, 1.807) is 29.1 Å². The van der Waals surface area contributed by atoms with Crippen molar-refractivity contribution < 1.29 is 4.79 Å². The number of benzene rings is 1. The molecule has 0 saturated heterocycles. The van der Waals surface area contributed by atoms with E-state index < -0.39 is 0 Å². The van der Waals surface area contributed by atoms with Crippen molar-refractivity contribution in [1.29, 1.82) is 0 Å². The van der Waals surface area contributed by atoms with Crippen LogP contribution in [0.5, 0.6) is 0 Å². The standard InChI is InChI=1S/C14H16Cl2N4O/c1-10(9-20-7-3-6-18-20)17-8-13(21)19-14-11(15)4-2-5-12(14)16/h2-7,10,17H,8-9H2,1H3,(H,19,21). The second kappa shape index (κ2) is 7.45. The first-order valence-corrected chi connectivity index (χ1v) is 7.26. The van der Waals surface area contributed by atoms with Crippen LogP contribution >= 0.6 is 23.2 Å². The smallest absolute Gasteiger partial charge is 0.238 e. The molecule has 112 valence electrons. The fourth-order valence-electron chi connectivity index (χ4n) is 1.82. The zero-order valence-corrected chi connectivity index (χ0v) is 13.0. The summed E-state index contributed by atoms with van der Waals surface area (Å²) in [5, 5.41) is 10.8. The van der Waals surface area contributed by atoms with Crippen molar-refractivity contribution in [3.63, 3.8) is 0 Å². The summed E-state index contributed by atoms with van der Waals surface area (Å²) in [6, 6.07) is 7.05. The molecule has 1 amide bonds. The Bertz CT molecular complexity index is 581. The van der Waals surface area contributed by atoms with Crippen LogP contribution in [-0.4, -0.2) is 28.3 Å². The zero-order valence-electron chi connectivity index (χ0n) is 11.5. The van der Waals surface area contributed by atoms with Crippen LogP contribution in [0.3, 0.4) is 0 Å². The van der Waals surface area contributed by atoms with E-state index in [-0.39, 0.29) is 18.5 Å². The van der Waals surface area contributed by atoms with Gasteiger partial charge >= 0.3 is 0 Å². The fraction of sp³-hybridized carbons (Fsp3) is 0.286. The van der Waals surface area contributed by atoms with E-state index in [9.17, 15) is 4.79 Å². The van der Waals surface area contributed by atoms with Crippen molar-refractivity contribution in [1.82, 2.24) is 15.1 Å². The molecule has 0 saturated carbocycles. The van der Waals surface area contributed by atoms with E-state index in [2.05, 4.69) is 15.7 Å². The third-order valence-electron chi connectivity index (χ3n) is 2.86. The Hall–Kier alpha value is -1.56. The summed E-state index contributed by atoms with van der Waals surface area (Å²) >= 11 is 12.0. The lowest BCUT2D eigenvalue weighted by Gasteiger charge is -2.14. The SMILES string of the molecule is CC(Cn1cccn1)NCC(=O)Nc1c(Cl)cccc1Cl. The van der Waals surface area contributed by atoms with Gasteiger partial charge in [-0.3, -0.25) is 9.48 Å². The van der Waals surface area contributed by atoms with E-state index in [0.717, 1.165) is 0 Å². The van der Waals surface area contributed by atoms with Crippen molar-refractivity contribution in [3.05, 3.63) is 46.7 Å². The van der Waals surface area contributed by atoms with Gasteiger partial charge in [0.15, 0.2) is 0 Å². The van der Waals surface area contributed by atoms with Gasteiger partial charge in [-0.2, -0.15) is 5.10 Å². The molecule has 7 heteroatoms. The van der Waals surface area contributed by atoms with Gasteiger partial charge in [0.25, 0.3) is 0 Å². The molecule has 2 N–H and O–H groups in total. The molecular formula is C14H16Cl2N4O. The Morgan fingerprint density at radius 1 is 1.33 bits per heavy atom. The van der Waals surface area contributed by atoms with Crippen LogP contribution in [0.1, 0.15) is 6.92 Å². The van der Waals surface area contributed by atoms with Gasteiger partial charge in [0.05, 0.1) is 28.8 Å². The zero-order chi connectivity index (χ0) is 15.2. The largest absolute Gasteiger partial charge is 0.322 e. The summed E-state index contributed by atoms with van der Waals surface area (Å²) in [4.78, 5) is 11.9. The second-order valence-electron chi connectivity index (χ2n) is 4.65. The number of carbonyl (C=O) groups is 1. The van der Waals surface area contributed by atoms with Gasteiger partial charge < -0.3 is 10.6 Å². The number of nitrogens with one attached hydrogen (secondary N) is 2. The molecule has 1 atom stereocenters. The molecule has 0 spiro atoms. The molecule has 0 fully saturated rings. The van der Waals surface area contributed by atoms with Gasteiger partial charge in [-0.25, -0.2) is 0 Å². The van der Waals surface area contributed by atoms with Crippen LogP contribution in [0, 0.1) is 0 Å². The number of halogens is 2. The fourth-order valence-corrected chi connectivity index (χ4v) is 2.31. The average Bonchev–Trinajstić information content (AvgIpc) is 2.94. The van der Waals surface area contributed by atoms with E-state index in [1.807, 2.05) is 19.2 Å². The summed E-state index contributed by atoms with van der Waals surface area (Å²) < 4.78 is 1.81. The van der Waals surface area contributed by atoms with Crippen molar-refractivity contribution in [2.75, 3.05) is 11.9 Å². The number of amides is 1. The topological polar surface area (TPSA) is 59.0 Å². The number of para-hydroxylation sites is 1. The number of hydrogen-bond acceptors (Lipinski definition) is 3. The first-order chi connectivity index (χ1) is 10.1. The monoisotopic (exact) mass is 326 g/mol. The number of carbonyl (C=O) groups excluding carboxylic acids is 1. The molecule has 1 aromatic heterocycles. The maximum Gasteiger partial charge on any atom is 0.238 e. The minimum absolute atomic E-state index is 0.109. The van der Waals surface area contributed by atoms with E-state index in [0.29, 0.717) is 22.3 Å². The molecule has 0 aliphatic carbocycles. The quantitative estimate of drug-likeness (QED) is 0.858. The Balaban J connectivity index is 1.82. The number of rotatable bonds is 6. The molecule has 2 rings (SSSR count). The summed E-state index contributed by atoms with van der Waals surface area (Å²) in [5.41, 5.74) is 0.437. The third kappa shape index (κ3) is 4.74. The van der Waals surface area contributed by atoms with E-state index in [4.69, 9.17) is 23.2 Å². The molecule has 5 nitrogen and oxygen atoms in total. The number of nitrogens with zero attached hydrogens (tertiary/aromatic N) is 2. The summed E-state index contributed by atoms with van der Waals surface area (Å²) in [6.07, 6.45) is 3.60. The van der Waals surface area contributed by atoms with E-state index >= 15 is 0 Å². The minimum atomic E-state index is -0.197. The highest BCUT2D eigenvalue weighted by atomic mass is 35.5. The van der Waals surface area contributed by atoms with Gasteiger partial charge in [-0.15, -0.1) is 0 Å². The lowest BCUT2D eigenvalue weighted by Crippen LogP contribution is -2.37. The molecule has 0 bridgehead atoms. The van der Waals surface area contributed by atoms with Crippen LogP contribution in [0.15, 0.2) is 36.7 Å². The Morgan fingerprint density at radius 2 is 2.05 bits per heavy atom. The average molecular weight is 327 g/mol. The highest BCUT2D eigenvalue weighted by Gasteiger charge is 2.11. The predicted octanol–water partition coefficient (Wildman–Crippen LogP) is 2.81. The van der Waals surface area contributed by atoms with Crippen molar-refractivity contribution in [2.45, 2.75) is 19.5 Å². The lowest BCUT2D eigenvalue weighted by molar-refractivity contribution is -0.115. The number of aromatic nitrogens is 2. The van der Waals surface area contributed by atoms with Crippen LogP contribution in [0.2, 0.25) is 10.0 Å². The van der Waals surface area contributed by atoms with E-state index in [1.165, 1.54) is 0 Å². The van der Waals surface area contributed by atoms with Crippen LogP contribution in [0.4, 0.5) is 5.69 Å². The normalized spacial score (nSPS) is 12.1. The van der Waals surface area contributed by atoms with Crippen LogP contribution in [-0.2, 0) is 11.3 Å². The molecule has 2 aromatic rings. The van der Waals surface area contributed by atoms with Gasteiger partial charge in [0.1, 0.15) is 0 Å². The van der Waals surface area contributed by atoms with Crippen LogP contribution in [0.25, 0.3) is 0 Å². The maximum atomic E-state index is 11.9.